The molecule has 0 aliphatic carbocycles. The van der Waals surface area contributed by atoms with E-state index in [4.69, 9.17) is 4.74 Å². The quantitative estimate of drug-likeness (QED) is 0.210. The van der Waals surface area contributed by atoms with E-state index in [0.717, 1.165) is 39.7 Å². The Morgan fingerprint density at radius 1 is 0.818 bits per heavy atom. The van der Waals surface area contributed by atoms with Crippen LogP contribution in [0.25, 0.3) is 0 Å². The number of anilines is 1. The molecule has 0 spiro atoms. The minimum atomic E-state index is -4.33. The summed E-state index contributed by atoms with van der Waals surface area (Å²) < 4.78 is 48.2. The molecule has 0 bridgehead atoms. The molecular formula is C34H36FN3O5S. The van der Waals surface area contributed by atoms with Gasteiger partial charge in [0.25, 0.3) is 10.0 Å². The molecule has 0 saturated heterocycles. The van der Waals surface area contributed by atoms with Crippen LogP contribution in [0.5, 0.6) is 5.75 Å². The van der Waals surface area contributed by atoms with Gasteiger partial charge in [-0.05, 0) is 73.5 Å². The molecule has 0 unspecified atom stereocenters. The van der Waals surface area contributed by atoms with Crippen molar-refractivity contribution in [3.05, 3.63) is 126 Å². The van der Waals surface area contributed by atoms with Crippen LogP contribution in [0.1, 0.15) is 25.0 Å². The lowest BCUT2D eigenvalue weighted by Crippen LogP contribution is -2.53. The summed E-state index contributed by atoms with van der Waals surface area (Å²) in [6.45, 7) is 3.87. The second-order valence-electron chi connectivity index (χ2n) is 10.00. The number of nitrogens with one attached hydrogen (secondary N) is 1. The maximum atomic E-state index is 14.3. The van der Waals surface area contributed by atoms with E-state index >= 15 is 0 Å². The van der Waals surface area contributed by atoms with Crippen molar-refractivity contribution in [3.8, 4) is 5.75 Å². The Hall–Kier alpha value is -4.70. The van der Waals surface area contributed by atoms with Crippen molar-refractivity contribution in [2.45, 2.75) is 37.8 Å². The maximum Gasteiger partial charge on any atom is 0.264 e. The average Bonchev–Trinajstić information content (AvgIpc) is 3.03. The monoisotopic (exact) mass is 617 g/mol. The van der Waals surface area contributed by atoms with Crippen LogP contribution in [0.2, 0.25) is 0 Å². The minimum absolute atomic E-state index is 0.0714. The molecule has 4 aromatic carbocycles. The highest BCUT2D eigenvalue weighted by Crippen LogP contribution is 2.27. The van der Waals surface area contributed by atoms with Gasteiger partial charge in [0.2, 0.25) is 11.8 Å². The SMILES string of the molecule is CCNC(=O)[C@@H](Cc1ccccc1)N(Cc1ccccc1)C(=O)CN(c1ccc(OCC)cc1)S(=O)(=O)c1ccc(F)cc1. The molecular weight excluding hydrogens is 581 g/mol. The van der Waals surface area contributed by atoms with Crippen LogP contribution in [-0.4, -0.2) is 50.9 Å². The molecule has 2 amide bonds. The summed E-state index contributed by atoms with van der Waals surface area (Å²) in [4.78, 5) is 29.1. The highest BCUT2D eigenvalue weighted by atomic mass is 32.2. The molecule has 4 aromatic rings. The zero-order chi connectivity index (χ0) is 31.5. The van der Waals surface area contributed by atoms with Gasteiger partial charge >= 0.3 is 0 Å². The Morgan fingerprint density at radius 3 is 1.98 bits per heavy atom. The van der Waals surface area contributed by atoms with E-state index in [9.17, 15) is 22.4 Å². The van der Waals surface area contributed by atoms with Crippen molar-refractivity contribution in [3.63, 3.8) is 0 Å². The molecule has 10 heteroatoms. The van der Waals surface area contributed by atoms with E-state index in [1.807, 2.05) is 67.6 Å². The summed E-state index contributed by atoms with van der Waals surface area (Å²) in [6, 6.07) is 28.4. The first-order chi connectivity index (χ1) is 21.2. The van der Waals surface area contributed by atoms with E-state index < -0.39 is 34.3 Å². The Morgan fingerprint density at radius 2 is 1.41 bits per heavy atom. The molecule has 44 heavy (non-hydrogen) atoms. The first kappa shape index (κ1) is 32.2. The number of halogens is 1. The minimum Gasteiger partial charge on any atom is -0.494 e. The highest BCUT2D eigenvalue weighted by Gasteiger charge is 2.34. The van der Waals surface area contributed by atoms with Gasteiger partial charge < -0.3 is 15.0 Å². The third-order valence-corrected chi connectivity index (χ3v) is 8.72. The van der Waals surface area contributed by atoms with Crippen molar-refractivity contribution in [2.24, 2.45) is 0 Å². The van der Waals surface area contributed by atoms with Crippen LogP contribution >= 0.6 is 0 Å². The summed E-state index contributed by atoms with van der Waals surface area (Å²) in [5.41, 5.74) is 1.83. The molecule has 0 aliphatic heterocycles. The third-order valence-electron chi connectivity index (χ3n) is 6.93. The topological polar surface area (TPSA) is 96.0 Å². The molecule has 0 aliphatic rings. The highest BCUT2D eigenvalue weighted by molar-refractivity contribution is 7.92. The largest absolute Gasteiger partial charge is 0.494 e. The molecule has 0 aromatic heterocycles. The number of sulfonamides is 1. The lowest BCUT2D eigenvalue weighted by atomic mass is 10.0. The Bertz CT molecular complexity index is 1620. The number of likely N-dealkylation sites (N-methyl/N-ethyl adjacent to an activating group) is 1. The van der Waals surface area contributed by atoms with Crippen LogP contribution in [0.15, 0.2) is 114 Å². The van der Waals surface area contributed by atoms with Gasteiger partial charge in [-0.3, -0.25) is 13.9 Å². The molecule has 230 valence electrons. The molecule has 8 nitrogen and oxygen atoms in total. The van der Waals surface area contributed by atoms with Crippen LogP contribution in [0.3, 0.4) is 0 Å². The number of carbonyl (C=O) groups excluding carboxylic acids is 2. The molecule has 0 fully saturated rings. The number of carbonyl (C=O) groups is 2. The predicted octanol–water partition coefficient (Wildman–Crippen LogP) is 5.20. The van der Waals surface area contributed by atoms with E-state index in [1.165, 1.54) is 4.90 Å². The van der Waals surface area contributed by atoms with Crippen molar-refractivity contribution in [1.82, 2.24) is 10.2 Å². The molecule has 0 heterocycles. The maximum absolute atomic E-state index is 14.3. The lowest BCUT2D eigenvalue weighted by Gasteiger charge is -2.33. The summed E-state index contributed by atoms with van der Waals surface area (Å²) in [5.74, 6) is -0.991. The van der Waals surface area contributed by atoms with Crippen LogP contribution < -0.4 is 14.4 Å². The third kappa shape index (κ3) is 8.23. The van der Waals surface area contributed by atoms with E-state index in [2.05, 4.69) is 5.32 Å². The zero-order valence-electron chi connectivity index (χ0n) is 24.7. The van der Waals surface area contributed by atoms with Gasteiger partial charge in [-0.2, -0.15) is 0 Å². The summed E-state index contributed by atoms with van der Waals surface area (Å²) in [6.07, 6.45) is 0.221. The Labute approximate surface area is 258 Å². The number of rotatable bonds is 14. The Kier molecular flexibility index (Phi) is 11.1. The van der Waals surface area contributed by atoms with Crippen LogP contribution in [-0.2, 0) is 32.6 Å². The van der Waals surface area contributed by atoms with Gasteiger partial charge in [0.05, 0.1) is 17.2 Å². The molecule has 0 radical (unpaired) electrons. The van der Waals surface area contributed by atoms with Gasteiger partial charge in [-0.25, -0.2) is 12.8 Å². The molecule has 0 saturated carbocycles. The second kappa shape index (κ2) is 15.2. The Balaban J connectivity index is 1.78. The first-order valence-electron chi connectivity index (χ1n) is 14.4. The zero-order valence-corrected chi connectivity index (χ0v) is 25.5. The molecule has 1 N–H and O–H groups in total. The van der Waals surface area contributed by atoms with Crippen molar-refractivity contribution in [1.29, 1.82) is 0 Å². The van der Waals surface area contributed by atoms with Crippen molar-refractivity contribution >= 4 is 27.5 Å². The van der Waals surface area contributed by atoms with Crippen molar-refractivity contribution < 1.29 is 27.1 Å². The smallest absolute Gasteiger partial charge is 0.264 e. The number of benzene rings is 4. The van der Waals surface area contributed by atoms with Gasteiger partial charge in [0.1, 0.15) is 24.2 Å². The summed E-state index contributed by atoms with van der Waals surface area (Å²) in [5, 5.41) is 2.84. The van der Waals surface area contributed by atoms with Crippen molar-refractivity contribution in [2.75, 3.05) is 24.0 Å². The number of amides is 2. The van der Waals surface area contributed by atoms with E-state index in [-0.39, 0.29) is 29.5 Å². The average molecular weight is 618 g/mol. The van der Waals surface area contributed by atoms with E-state index in [1.54, 1.807) is 31.2 Å². The number of hydrogen-bond acceptors (Lipinski definition) is 5. The standard InChI is InChI=1S/C34H36FN3O5S/c1-3-36-34(40)32(23-26-11-7-5-8-12-26)37(24-27-13-9-6-10-14-27)33(39)25-38(29-17-19-30(20-18-29)43-4-2)44(41,42)31-21-15-28(35)16-22-31/h5-22,32H,3-4,23-25H2,1-2H3,(H,36,40)/t32-/m1/s1. The lowest BCUT2D eigenvalue weighted by molar-refractivity contribution is -0.140. The molecule has 1 atom stereocenters. The van der Waals surface area contributed by atoms with Crippen LogP contribution in [0, 0.1) is 5.82 Å². The predicted molar refractivity (Wildman–Crippen MR) is 168 cm³/mol. The number of nitrogens with zero attached hydrogens (tertiary/aromatic N) is 2. The normalized spacial score (nSPS) is 11.8. The van der Waals surface area contributed by atoms with Crippen LogP contribution in [0.4, 0.5) is 10.1 Å². The summed E-state index contributed by atoms with van der Waals surface area (Å²) in [7, 11) is -4.33. The first-order valence-corrected chi connectivity index (χ1v) is 15.8. The van der Waals surface area contributed by atoms with Gasteiger partial charge in [0, 0.05) is 19.5 Å². The van der Waals surface area contributed by atoms with Gasteiger partial charge in [-0.1, -0.05) is 60.7 Å². The van der Waals surface area contributed by atoms with Gasteiger partial charge in [0.15, 0.2) is 0 Å². The number of hydrogen-bond donors (Lipinski definition) is 1. The second-order valence-corrected chi connectivity index (χ2v) is 11.9. The summed E-state index contributed by atoms with van der Waals surface area (Å²) >= 11 is 0. The molecule has 4 rings (SSSR count). The fraction of sp³-hybridized carbons (Fsp3) is 0.235. The number of ether oxygens (including phenoxy) is 1. The van der Waals surface area contributed by atoms with Gasteiger partial charge in [-0.15, -0.1) is 0 Å². The van der Waals surface area contributed by atoms with E-state index in [0.29, 0.717) is 18.9 Å². The fourth-order valence-electron chi connectivity index (χ4n) is 4.76. The fourth-order valence-corrected chi connectivity index (χ4v) is 6.18.